The standard InChI is InChI=1S/C28H25ClFN5O5S/c1-3-40-27(38)17-11-13-18(14-12-17)32-24(36)16-41-28-34-33-23(35(28)21-9-4-5-10-22(21)39-2)15-31-26(37)25-19(29)7-6-8-20(25)30/h4-14H,3,15-16H2,1-2H3,(H,31,37)(H,32,36). The molecular formula is C28H25ClFN5O5S. The van der Waals surface area contributed by atoms with Crippen molar-refractivity contribution in [2.45, 2.75) is 18.6 Å². The minimum absolute atomic E-state index is 0.0218. The van der Waals surface area contributed by atoms with E-state index in [1.165, 1.54) is 19.2 Å². The summed E-state index contributed by atoms with van der Waals surface area (Å²) >= 11 is 7.14. The fraction of sp³-hybridized carbons (Fsp3) is 0.179. The molecule has 0 saturated heterocycles. The average Bonchev–Trinajstić information content (AvgIpc) is 3.37. The highest BCUT2D eigenvalue weighted by Gasteiger charge is 2.21. The number of hydrogen-bond donors (Lipinski definition) is 2. The van der Waals surface area contributed by atoms with Gasteiger partial charge in [-0.25, -0.2) is 9.18 Å². The van der Waals surface area contributed by atoms with Crippen LogP contribution in [0.1, 0.15) is 33.5 Å². The quantitative estimate of drug-likeness (QED) is 0.185. The van der Waals surface area contributed by atoms with Gasteiger partial charge in [0, 0.05) is 5.69 Å². The molecule has 41 heavy (non-hydrogen) atoms. The van der Waals surface area contributed by atoms with Crippen molar-refractivity contribution in [1.29, 1.82) is 0 Å². The number of methoxy groups -OCH3 is 1. The van der Waals surface area contributed by atoms with E-state index >= 15 is 0 Å². The summed E-state index contributed by atoms with van der Waals surface area (Å²) in [6.07, 6.45) is 0. The van der Waals surface area contributed by atoms with Crippen molar-refractivity contribution in [1.82, 2.24) is 20.1 Å². The normalized spacial score (nSPS) is 10.6. The Morgan fingerprint density at radius 2 is 1.78 bits per heavy atom. The first-order valence-electron chi connectivity index (χ1n) is 12.3. The van der Waals surface area contributed by atoms with E-state index in [0.29, 0.717) is 33.7 Å². The molecule has 0 spiro atoms. The molecule has 13 heteroatoms. The summed E-state index contributed by atoms with van der Waals surface area (Å²) in [4.78, 5) is 37.3. The summed E-state index contributed by atoms with van der Waals surface area (Å²) in [6.45, 7) is 1.87. The Hall–Kier alpha value is -4.42. The third kappa shape index (κ3) is 7.21. The van der Waals surface area contributed by atoms with Gasteiger partial charge < -0.3 is 20.1 Å². The van der Waals surface area contributed by atoms with E-state index in [1.54, 1.807) is 60.0 Å². The number of esters is 1. The number of halogens is 2. The van der Waals surface area contributed by atoms with E-state index in [2.05, 4.69) is 20.8 Å². The maximum Gasteiger partial charge on any atom is 0.338 e. The predicted molar refractivity (Wildman–Crippen MR) is 152 cm³/mol. The third-order valence-corrected chi connectivity index (χ3v) is 6.88. The summed E-state index contributed by atoms with van der Waals surface area (Å²) in [5.74, 6) is -1.44. The summed E-state index contributed by atoms with van der Waals surface area (Å²) in [5.41, 5.74) is 1.18. The van der Waals surface area contributed by atoms with Gasteiger partial charge in [0.25, 0.3) is 5.91 Å². The topological polar surface area (TPSA) is 124 Å². The van der Waals surface area contributed by atoms with Crippen LogP contribution in [0, 0.1) is 5.82 Å². The zero-order chi connectivity index (χ0) is 29.4. The van der Waals surface area contributed by atoms with Crippen LogP contribution in [0.2, 0.25) is 5.02 Å². The second-order valence-corrected chi connectivity index (χ2v) is 9.67. The van der Waals surface area contributed by atoms with Gasteiger partial charge in [0.1, 0.15) is 11.6 Å². The fourth-order valence-electron chi connectivity index (χ4n) is 3.76. The first kappa shape index (κ1) is 29.6. The number of para-hydroxylation sites is 2. The fourth-order valence-corrected chi connectivity index (χ4v) is 4.77. The summed E-state index contributed by atoms with van der Waals surface area (Å²) in [7, 11) is 1.51. The molecule has 0 aliphatic rings. The zero-order valence-electron chi connectivity index (χ0n) is 22.0. The molecule has 2 N–H and O–H groups in total. The molecule has 0 aliphatic heterocycles. The summed E-state index contributed by atoms with van der Waals surface area (Å²) < 4.78 is 26.3. The monoisotopic (exact) mass is 597 g/mol. The van der Waals surface area contributed by atoms with Gasteiger partial charge in [-0.3, -0.25) is 14.2 Å². The molecule has 2 amide bonds. The van der Waals surface area contributed by atoms with Crippen molar-refractivity contribution in [2.75, 3.05) is 24.8 Å². The Balaban J connectivity index is 1.50. The van der Waals surface area contributed by atoms with Gasteiger partial charge >= 0.3 is 5.97 Å². The van der Waals surface area contributed by atoms with Gasteiger partial charge in [0.2, 0.25) is 5.91 Å². The molecule has 0 fully saturated rings. The van der Waals surface area contributed by atoms with Crippen LogP contribution in [0.15, 0.2) is 71.9 Å². The Bertz CT molecular complexity index is 1540. The van der Waals surface area contributed by atoms with Gasteiger partial charge in [-0.2, -0.15) is 0 Å². The first-order valence-corrected chi connectivity index (χ1v) is 13.7. The van der Waals surface area contributed by atoms with E-state index in [4.69, 9.17) is 21.1 Å². The van der Waals surface area contributed by atoms with E-state index < -0.39 is 17.7 Å². The number of benzene rings is 3. The molecule has 0 unspecified atom stereocenters. The molecule has 212 valence electrons. The van der Waals surface area contributed by atoms with Gasteiger partial charge in [-0.1, -0.05) is 41.6 Å². The van der Waals surface area contributed by atoms with Crippen molar-refractivity contribution < 1.29 is 28.2 Å². The lowest BCUT2D eigenvalue weighted by molar-refractivity contribution is -0.113. The van der Waals surface area contributed by atoms with Crippen molar-refractivity contribution in [3.8, 4) is 11.4 Å². The van der Waals surface area contributed by atoms with Crippen LogP contribution in [-0.4, -0.2) is 52.0 Å². The number of rotatable bonds is 11. The number of nitrogens with zero attached hydrogens (tertiary/aromatic N) is 3. The number of anilines is 1. The maximum absolute atomic E-state index is 14.2. The molecule has 4 aromatic rings. The van der Waals surface area contributed by atoms with Crippen molar-refractivity contribution in [3.05, 3.63) is 94.5 Å². The molecule has 1 heterocycles. The zero-order valence-corrected chi connectivity index (χ0v) is 23.6. The van der Waals surface area contributed by atoms with Gasteiger partial charge in [-0.15, -0.1) is 10.2 Å². The summed E-state index contributed by atoms with van der Waals surface area (Å²) in [6, 6.07) is 17.4. The van der Waals surface area contributed by atoms with Crippen LogP contribution in [0.3, 0.4) is 0 Å². The lowest BCUT2D eigenvalue weighted by Crippen LogP contribution is -2.26. The molecule has 1 aromatic heterocycles. The Morgan fingerprint density at radius 3 is 2.49 bits per heavy atom. The van der Waals surface area contributed by atoms with Crippen LogP contribution < -0.4 is 15.4 Å². The number of amides is 2. The van der Waals surface area contributed by atoms with E-state index in [1.807, 2.05) is 0 Å². The van der Waals surface area contributed by atoms with Crippen LogP contribution in [0.25, 0.3) is 5.69 Å². The number of hydrogen-bond acceptors (Lipinski definition) is 8. The van der Waals surface area contributed by atoms with Gasteiger partial charge in [-0.05, 0) is 55.5 Å². The lowest BCUT2D eigenvalue weighted by atomic mass is 10.2. The Labute approximate surface area is 244 Å². The molecule has 0 bridgehead atoms. The highest BCUT2D eigenvalue weighted by atomic mass is 35.5. The number of nitrogens with one attached hydrogen (secondary N) is 2. The largest absolute Gasteiger partial charge is 0.495 e. The number of ether oxygens (including phenoxy) is 2. The van der Waals surface area contributed by atoms with E-state index in [-0.39, 0.29) is 35.4 Å². The second kappa shape index (κ2) is 13.8. The first-order chi connectivity index (χ1) is 19.8. The van der Waals surface area contributed by atoms with Gasteiger partial charge in [0.05, 0.1) is 47.9 Å². The molecule has 0 radical (unpaired) electrons. The van der Waals surface area contributed by atoms with Crippen LogP contribution in [-0.2, 0) is 16.1 Å². The Morgan fingerprint density at radius 1 is 1.02 bits per heavy atom. The third-order valence-electron chi connectivity index (χ3n) is 5.64. The molecule has 0 atom stereocenters. The van der Waals surface area contributed by atoms with Crippen molar-refractivity contribution >= 4 is 46.8 Å². The molecule has 0 aliphatic carbocycles. The molecule has 10 nitrogen and oxygen atoms in total. The molecule has 3 aromatic carbocycles. The van der Waals surface area contributed by atoms with Crippen LogP contribution in [0.5, 0.6) is 5.75 Å². The molecule has 4 rings (SSSR count). The summed E-state index contributed by atoms with van der Waals surface area (Å²) in [5, 5.41) is 14.2. The van der Waals surface area contributed by atoms with Gasteiger partial charge in [0.15, 0.2) is 11.0 Å². The highest BCUT2D eigenvalue weighted by molar-refractivity contribution is 7.99. The number of carbonyl (C=O) groups excluding carboxylic acids is 3. The van der Waals surface area contributed by atoms with Crippen molar-refractivity contribution in [2.24, 2.45) is 0 Å². The predicted octanol–water partition coefficient (Wildman–Crippen LogP) is 4.91. The van der Waals surface area contributed by atoms with E-state index in [9.17, 15) is 18.8 Å². The lowest BCUT2D eigenvalue weighted by Gasteiger charge is -2.14. The SMILES string of the molecule is CCOC(=O)c1ccc(NC(=O)CSc2nnc(CNC(=O)c3c(F)cccc3Cl)n2-c2ccccc2OC)cc1. The smallest absolute Gasteiger partial charge is 0.338 e. The van der Waals surface area contributed by atoms with Crippen molar-refractivity contribution in [3.63, 3.8) is 0 Å². The minimum atomic E-state index is -0.751. The molecule has 0 saturated carbocycles. The second-order valence-electron chi connectivity index (χ2n) is 8.32. The number of carbonyl (C=O) groups is 3. The number of thioether (sulfide) groups is 1. The molecular weight excluding hydrogens is 573 g/mol. The van der Waals surface area contributed by atoms with E-state index in [0.717, 1.165) is 17.8 Å². The van der Waals surface area contributed by atoms with Crippen LogP contribution in [0.4, 0.5) is 10.1 Å². The average molecular weight is 598 g/mol. The van der Waals surface area contributed by atoms with Crippen LogP contribution >= 0.6 is 23.4 Å². The minimum Gasteiger partial charge on any atom is -0.495 e. The highest BCUT2D eigenvalue weighted by Crippen LogP contribution is 2.29. The Kier molecular flexibility index (Phi) is 9.93. The maximum atomic E-state index is 14.2. The number of aromatic nitrogens is 3.